The zero-order valence-corrected chi connectivity index (χ0v) is 6.77. The van der Waals surface area contributed by atoms with E-state index in [1.54, 1.807) is 18.2 Å². The second-order valence-corrected chi connectivity index (χ2v) is 2.72. The first-order valence-electron chi connectivity index (χ1n) is 3.13. The Bertz CT molecular complexity index is 296. The lowest BCUT2D eigenvalue weighted by Gasteiger charge is -1.98. The molecule has 0 aliphatic rings. The van der Waals surface area contributed by atoms with Crippen LogP contribution in [0.4, 0.5) is 0 Å². The highest BCUT2D eigenvalue weighted by Crippen LogP contribution is 2.16. The van der Waals surface area contributed by atoms with Crippen molar-refractivity contribution in [1.82, 2.24) is 5.73 Å². The Kier molecular flexibility index (Phi) is 2.15. The van der Waals surface area contributed by atoms with Gasteiger partial charge < -0.3 is 0 Å². The van der Waals surface area contributed by atoms with Gasteiger partial charge in [0.15, 0.2) is 0 Å². The number of benzene rings is 1. The van der Waals surface area contributed by atoms with Crippen LogP contribution in [-0.4, -0.2) is 5.91 Å². The third-order valence-corrected chi connectivity index (χ3v) is 1.68. The summed E-state index contributed by atoms with van der Waals surface area (Å²) < 4.78 is 0. The standard InChI is InChI=1S/C8H7ClNO/c1-5-2-3-6(8(10)11)7(9)4-5/h2-4,10H,1H3. The molecule has 0 aliphatic carbocycles. The van der Waals surface area contributed by atoms with Gasteiger partial charge in [0.05, 0.1) is 10.6 Å². The minimum Gasteiger partial charge on any atom is -0.267 e. The molecule has 1 rings (SSSR count). The fourth-order valence-corrected chi connectivity index (χ4v) is 1.13. The Hall–Kier alpha value is -1.02. The summed E-state index contributed by atoms with van der Waals surface area (Å²) in [6.07, 6.45) is 0. The van der Waals surface area contributed by atoms with Crippen LogP contribution in [0, 0.1) is 6.92 Å². The highest BCUT2D eigenvalue weighted by molar-refractivity contribution is 6.33. The van der Waals surface area contributed by atoms with Crippen LogP contribution in [0.5, 0.6) is 0 Å². The minimum absolute atomic E-state index is 0.261. The summed E-state index contributed by atoms with van der Waals surface area (Å²) in [5.74, 6) is -0.741. The molecule has 0 unspecified atom stereocenters. The fraction of sp³-hybridized carbons (Fsp3) is 0.125. The number of carbonyl (C=O) groups is 1. The number of aryl methyl sites for hydroxylation is 1. The van der Waals surface area contributed by atoms with Crippen molar-refractivity contribution in [1.29, 1.82) is 0 Å². The molecule has 1 radical (unpaired) electrons. The highest BCUT2D eigenvalue weighted by atomic mass is 35.5. The van der Waals surface area contributed by atoms with E-state index in [1.165, 1.54) is 0 Å². The van der Waals surface area contributed by atoms with Crippen molar-refractivity contribution in [2.24, 2.45) is 0 Å². The van der Waals surface area contributed by atoms with Gasteiger partial charge in [-0.25, -0.2) is 0 Å². The molecule has 1 N–H and O–H groups in total. The summed E-state index contributed by atoms with van der Waals surface area (Å²) in [5.41, 5.74) is 8.05. The molecule has 1 aromatic rings. The molecule has 1 amide bonds. The van der Waals surface area contributed by atoms with Crippen molar-refractivity contribution < 1.29 is 4.79 Å². The molecule has 1 aromatic carbocycles. The number of hydrogen-bond donors (Lipinski definition) is 0. The number of carbonyl (C=O) groups excluding carboxylic acids is 1. The molecule has 0 atom stereocenters. The fourth-order valence-electron chi connectivity index (χ4n) is 0.804. The summed E-state index contributed by atoms with van der Waals surface area (Å²) in [7, 11) is 0. The van der Waals surface area contributed by atoms with Crippen LogP contribution < -0.4 is 5.73 Å². The van der Waals surface area contributed by atoms with Crippen LogP contribution in [0.3, 0.4) is 0 Å². The molecule has 0 aromatic heterocycles. The molecule has 0 spiro atoms. The maximum atomic E-state index is 10.6. The summed E-state index contributed by atoms with van der Waals surface area (Å²) in [4.78, 5) is 10.6. The van der Waals surface area contributed by atoms with Crippen molar-refractivity contribution in [2.45, 2.75) is 6.92 Å². The predicted octanol–water partition coefficient (Wildman–Crippen LogP) is 2.07. The minimum atomic E-state index is -0.741. The number of rotatable bonds is 1. The maximum Gasteiger partial charge on any atom is 0.271 e. The average Bonchev–Trinajstić information content (AvgIpc) is 1.85. The topological polar surface area (TPSA) is 40.9 Å². The Balaban J connectivity index is 3.20. The Morgan fingerprint density at radius 3 is 2.64 bits per heavy atom. The van der Waals surface area contributed by atoms with Gasteiger partial charge in [-0.3, -0.25) is 10.5 Å². The van der Waals surface area contributed by atoms with Gasteiger partial charge in [-0.05, 0) is 24.6 Å². The first kappa shape index (κ1) is 8.08. The van der Waals surface area contributed by atoms with E-state index in [0.717, 1.165) is 5.56 Å². The maximum absolute atomic E-state index is 10.6. The molecule has 0 saturated carbocycles. The van der Waals surface area contributed by atoms with E-state index in [-0.39, 0.29) is 5.56 Å². The van der Waals surface area contributed by atoms with Crippen molar-refractivity contribution in [3.63, 3.8) is 0 Å². The van der Waals surface area contributed by atoms with Gasteiger partial charge in [-0.2, -0.15) is 0 Å². The van der Waals surface area contributed by atoms with Crippen LogP contribution in [0.1, 0.15) is 15.9 Å². The van der Waals surface area contributed by atoms with Crippen LogP contribution in [-0.2, 0) is 0 Å². The van der Waals surface area contributed by atoms with Gasteiger partial charge in [-0.15, -0.1) is 0 Å². The Labute approximate surface area is 70.0 Å². The van der Waals surface area contributed by atoms with Gasteiger partial charge in [0.1, 0.15) is 0 Å². The van der Waals surface area contributed by atoms with E-state index >= 15 is 0 Å². The molecule has 0 saturated heterocycles. The number of halogens is 1. The van der Waals surface area contributed by atoms with Gasteiger partial charge in [0, 0.05) is 0 Å². The summed E-state index contributed by atoms with van der Waals surface area (Å²) in [6.45, 7) is 1.88. The number of nitrogens with one attached hydrogen (secondary N) is 1. The lowest BCUT2D eigenvalue weighted by molar-refractivity contribution is 0.0992. The quantitative estimate of drug-likeness (QED) is 0.633. The van der Waals surface area contributed by atoms with Gasteiger partial charge in [0.25, 0.3) is 5.91 Å². The summed E-state index contributed by atoms with van der Waals surface area (Å²) in [6, 6.07) is 4.99. The van der Waals surface area contributed by atoms with Crippen molar-refractivity contribution in [3.05, 3.63) is 34.3 Å². The average molecular weight is 169 g/mol. The van der Waals surface area contributed by atoms with Crippen molar-refractivity contribution >= 4 is 17.5 Å². The molecule has 3 heteroatoms. The third-order valence-electron chi connectivity index (χ3n) is 1.37. The van der Waals surface area contributed by atoms with Gasteiger partial charge >= 0.3 is 0 Å². The number of hydrogen-bond acceptors (Lipinski definition) is 1. The van der Waals surface area contributed by atoms with Crippen molar-refractivity contribution in [2.75, 3.05) is 0 Å². The molecular formula is C8H7ClNO. The first-order chi connectivity index (χ1) is 5.11. The van der Waals surface area contributed by atoms with E-state index in [1.807, 2.05) is 6.92 Å². The monoisotopic (exact) mass is 168 g/mol. The first-order valence-corrected chi connectivity index (χ1v) is 3.51. The van der Waals surface area contributed by atoms with Gasteiger partial charge in [0.2, 0.25) is 0 Å². The summed E-state index contributed by atoms with van der Waals surface area (Å²) >= 11 is 5.68. The number of amides is 1. The normalized spacial score (nSPS) is 9.64. The molecule has 11 heavy (non-hydrogen) atoms. The van der Waals surface area contributed by atoms with E-state index < -0.39 is 5.91 Å². The third kappa shape index (κ3) is 1.71. The van der Waals surface area contributed by atoms with Crippen LogP contribution in [0.15, 0.2) is 18.2 Å². The smallest absolute Gasteiger partial charge is 0.267 e. The van der Waals surface area contributed by atoms with Crippen LogP contribution in [0.25, 0.3) is 0 Å². The predicted molar refractivity (Wildman–Crippen MR) is 43.6 cm³/mol. The van der Waals surface area contributed by atoms with Crippen LogP contribution in [0.2, 0.25) is 5.02 Å². The molecule has 0 fully saturated rings. The molecular weight excluding hydrogens is 162 g/mol. The lowest BCUT2D eigenvalue weighted by Crippen LogP contribution is -1.99. The SMILES string of the molecule is Cc1ccc(C([NH])=O)c(Cl)c1. The molecule has 57 valence electrons. The lowest BCUT2D eigenvalue weighted by atomic mass is 10.1. The van der Waals surface area contributed by atoms with E-state index in [9.17, 15) is 4.79 Å². The second-order valence-electron chi connectivity index (χ2n) is 2.31. The molecule has 0 bridgehead atoms. The zero-order chi connectivity index (χ0) is 8.43. The van der Waals surface area contributed by atoms with Crippen LogP contribution >= 0.6 is 11.6 Å². The Morgan fingerprint density at radius 2 is 2.18 bits per heavy atom. The molecule has 0 heterocycles. The molecule has 2 nitrogen and oxygen atoms in total. The second kappa shape index (κ2) is 2.93. The van der Waals surface area contributed by atoms with Gasteiger partial charge in [-0.1, -0.05) is 17.7 Å². The largest absolute Gasteiger partial charge is 0.271 e. The highest BCUT2D eigenvalue weighted by Gasteiger charge is 2.05. The van der Waals surface area contributed by atoms with E-state index in [4.69, 9.17) is 17.3 Å². The Morgan fingerprint density at radius 1 is 1.55 bits per heavy atom. The summed E-state index contributed by atoms with van der Waals surface area (Å²) in [5, 5.41) is 0.352. The van der Waals surface area contributed by atoms with E-state index in [2.05, 4.69) is 0 Å². The molecule has 0 aliphatic heterocycles. The van der Waals surface area contributed by atoms with Crippen molar-refractivity contribution in [3.8, 4) is 0 Å². The zero-order valence-electron chi connectivity index (χ0n) is 6.02. The van der Waals surface area contributed by atoms with E-state index in [0.29, 0.717) is 5.02 Å².